The van der Waals surface area contributed by atoms with Crippen LogP contribution >= 0.6 is 0 Å². The van der Waals surface area contributed by atoms with Crippen LogP contribution in [-0.2, 0) is 9.53 Å². The van der Waals surface area contributed by atoms with Gasteiger partial charge in [0.25, 0.3) is 0 Å². The van der Waals surface area contributed by atoms with E-state index >= 15 is 0 Å². The molecule has 5 nitrogen and oxygen atoms in total. The number of hydrogen-bond donors (Lipinski definition) is 2. The summed E-state index contributed by atoms with van der Waals surface area (Å²) in [4.78, 5) is 14.4. The zero-order valence-corrected chi connectivity index (χ0v) is 10.7. The highest BCUT2D eigenvalue weighted by atomic mass is 16.5. The molecule has 3 unspecified atom stereocenters. The van der Waals surface area contributed by atoms with Gasteiger partial charge in [0.05, 0.1) is 25.3 Å². The van der Waals surface area contributed by atoms with E-state index in [9.17, 15) is 4.79 Å². The van der Waals surface area contributed by atoms with Gasteiger partial charge in [-0.15, -0.1) is 0 Å². The van der Waals surface area contributed by atoms with Crippen LogP contribution in [0.1, 0.15) is 20.3 Å². The van der Waals surface area contributed by atoms with E-state index in [0.717, 1.165) is 26.1 Å². The lowest BCUT2D eigenvalue weighted by molar-refractivity contribution is -0.142. The van der Waals surface area contributed by atoms with Crippen LogP contribution in [0, 0.1) is 0 Å². The van der Waals surface area contributed by atoms with Crippen LogP contribution in [0.4, 0.5) is 0 Å². The maximum atomic E-state index is 12.4. The van der Waals surface area contributed by atoms with Gasteiger partial charge in [-0.05, 0) is 13.3 Å². The molecule has 0 radical (unpaired) electrons. The Balaban J connectivity index is 1.93. The van der Waals surface area contributed by atoms with Crippen LogP contribution in [0.5, 0.6) is 0 Å². The van der Waals surface area contributed by atoms with Crippen molar-refractivity contribution in [2.45, 2.75) is 38.4 Å². The lowest BCUT2D eigenvalue weighted by Crippen LogP contribution is -2.62. The Morgan fingerprint density at radius 1 is 1.41 bits per heavy atom. The highest BCUT2D eigenvalue weighted by Crippen LogP contribution is 2.12. The summed E-state index contributed by atoms with van der Waals surface area (Å²) in [5.41, 5.74) is 0. The minimum absolute atomic E-state index is 0.0710. The van der Waals surface area contributed by atoms with Gasteiger partial charge in [0, 0.05) is 25.7 Å². The van der Waals surface area contributed by atoms with Crippen molar-refractivity contribution in [3.8, 4) is 0 Å². The minimum Gasteiger partial charge on any atom is -0.377 e. The van der Waals surface area contributed by atoms with Gasteiger partial charge in [0.2, 0.25) is 5.91 Å². The third-order valence-electron chi connectivity index (χ3n) is 3.62. The largest absolute Gasteiger partial charge is 0.377 e. The molecule has 98 valence electrons. The molecule has 17 heavy (non-hydrogen) atoms. The van der Waals surface area contributed by atoms with Gasteiger partial charge in [-0.1, -0.05) is 6.92 Å². The normalized spacial score (nSPS) is 34.7. The van der Waals surface area contributed by atoms with Crippen molar-refractivity contribution < 1.29 is 9.53 Å². The van der Waals surface area contributed by atoms with Gasteiger partial charge >= 0.3 is 0 Å². The number of carbonyl (C=O) groups is 1. The first-order valence-corrected chi connectivity index (χ1v) is 6.57. The number of nitrogens with one attached hydrogen (secondary N) is 2. The topological polar surface area (TPSA) is 53.6 Å². The number of ether oxygens (including phenoxy) is 1. The summed E-state index contributed by atoms with van der Waals surface area (Å²) >= 11 is 0. The lowest BCUT2D eigenvalue weighted by Gasteiger charge is -2.39. The van der Waals surface area contributed by atoms with Crippen molar-refractivity contribution in [1.82, 2.24) is 15.5 Å². The summed E-state index contributed by atoms with van der Waals surface area (Å²) in [5.74, 6) is 0.222. The first-order chi connectivity index (χ1) is 8.22. The average Bonchev–Trinajstić information content (AvgIpc) is 2.39. The summed E-state index contributed by atoms with van der Waals surface area (Å²) in [6, 6.07) is 0.626. The summed E-state index contributed by atoms with van der Waals surface area (Å²) in [6.45, 7) is 7.89. The number of morpholine rings is 1. The van der Waals surface area contributed by atoms with Crippen molar-refractivity contribution in [2.24, 2.45) is 0 Å². The first-order valence-electron chi connectivity index (χ1n) is 6.57. The highest BCUT2D eigenvalue weighted by Gasteiger charge is 2.32. The SMILES string of the molecule is CCC1COCCN1C(=O)C1CNC(C)CN1. The third-order valence-corrected chi connectivity index (χ3v) is 3.62. The second-order valence-corrected chi connectivity index (χ2v) is 4.94. The highest BCUT2D eigenvalue weighted by molar-refractivity contribution is 5.82. The van der Waals surface area contributed by atoms with Crippen LogP contribution < -0.4 is 10.6 Å². The van der Waals surface area contributed by atoms with E-state index in [4.69, 9.17) is 4.74 Å². The fourth-order valence-electron chi connectivity index (χ4n) is 2.44. The molecule has 2 fully saturated rings. The van der Waals surface area contributed by atoms with Crippen molar-refractivity contribution in [2.75, 3.05) is 32.8 Å². The zero-order valence-electron chi connectivity index (χ0n) is 10.7. The number of carbonyl (C=O) groups excluding carboxylic acids is 1. The molecule has 0 spiro atoms. The second-order valence-electron chi connectivity index (χ2n) is 4.94. The van der Waals surface area contributed by atoms with Crippen LogP contribution in [-0.4, -0.2) is 61.8 Å². The van der Waals surface area contributed by atoms with Gasteiger partial charge in [-0.3, -0.25) is 4.79 Å². The molecule has 5 heteroatoms. The summed E-state index contributed by atoms with van der Waals surface area (Å²) in [5, 5.41) is 6.66. The van der Waals surface area contributed by atoms with Crippen molar-refractivity contribution in [3.63, 3.8) is 0 Å². The minimum atomic E-state index is -0.0710. The molecule has 1 amide bonds. The van der Waals surface area contributed by atoms with E-state index in [1.165, 1.54) is 0 Å². The lowest BCUT2D eigenvalue weighted by atomic mass is 10.1. The molecule has 2 saturated heterocycles. The molecular formula is C12H23N3O2. The first kappa shape index (κ1) is 12.8. The smallest absolute Gasteiger partial charge is 0.241 e. The number of rotatable bonds is 2. The van der Waals surface area contributed by atoms with E-state index in [1.807, 2.05) is 4.90 Å². The van der Waals surface area contributed by atoms with Gasteiger partial charge in [0.15, 0.2) is 0 Å². The van der Waals surface area contributed by atoms with Gasteiger partial charge in [-0.2, -0.15) is 0 Å². The molecule has 2 aliphatic rings. The van der Waals surface area contributed by atoms with Crippen molar-refractivity contribution >= 4 is 5.91 Å². The standard InChI is InChI=1S/C12H23N3O2/c1-3-10-8-17-5-4-15(10)12(16)11-7-13-9(2)6-14-11/h9-11,13-14H,3-8H2,1-2H3. The predicted octanol–water partition coefficient (Wildman–Crippen LogP) is -0.426. The maximum absolute atomic E-state index is 12.4. The average molecular weight is 241 g/mol. The van der Waals surface area contributed by atoms with E-state index in [-0.39, 0.29) is 18.0 Å². The molecule has 0 aromatic carbocycles. The molecule has 0 saturated carbocycles. The molecule has 2 N–H and O–H groups in total. The Bertz CT molecular complexity index is 264. The number of hydrogen-bond acceptors (Lipinski definition) is 4. The van der Waals surface area contributed by atoms with Crippen LogP contribution in [0.25, 0.3) is 0 Å². The molecule has 2 rings (SSSR count). The predicted molar refractivity (Wildman–Crippen MR) is 65.9 cm³/mol. The fourth-order valence-corrected chi connectivity index (χ4v) is 2.44. The maximum Gasteiger partial charge on any atom is 0.241 e. The third kappa shape index (κ3) is 2.97. The molecule has 0 aliphatic carbocycles. The summed E-state index contributed by atoms with van der Waals surface area (Å²) < 4.78 is 5.43. The molecule has 2 heterocycles. The number of piperazine rings is 1. The Hall–Kier alpha value is -0.650. The second kappa shape index (κ2) is 5.80. The van der Waals surface area contributed by atoms with Crippen LogP contribution in [0.15, 0.2) is 0 Å². The Kier molecular flexibility index (Phi) is 4.36. The monoisotopic (exact) mass is 241 g/mol. The summed E-state index contributed by atoms with van der Waals surface area (Å²) in [6.07, 6.45) is 0.961. The van der Waals surface area contributed by atoms with Gasteiger partial charge < -0.3 is 20.3 Å². The van der Waals surface area contributed by atoms with Gasteiger partial charge in [-0.25, -0.2) is 0 Å². The number of nitrogens with zero attached hydrogens (tertiary/aromatic N) is 1. The Morgan fingerprint density at radius 3 is 2.88 bits per heavy atom. The molecule has 0 aromatic rings. The molecule has 0 bridgehead atoms. The fraction of sp³-hybridized carbons (Fsp3) is 0.917. The van der Waals surface area contributed by atoms with E-state index in [2.05, 4.69) is 24.5 Å². The summed E-state index contributed by atoms with van der Waals surface area (Å²) in [7, 11) is 0. The number of amides is 1. The van der Waals surface area contributed by atoms with Crippen molar-refractivity contribution in [1.29, 1.82) is 0 Å². The molecule has 3 atom stereocenters. The van der Waals surface area contributed by atoms with Crippen LogP contribution in [0.2, 0.25) is 0 Å². The van der Waals surface area contributed by atoms with E-state index < -0.39 is 0 Å². The Morgan fingerprint density at radius 2 is 2.24 bits per heavy atom. The van der Waals surface area contributed by atoms with Gasteiger partial charge in [0.1, 0.15) is 0 Å². The van der Waals surface area contributed by atoms with Crippen LogP contribution in [0.3, 0.4) is 0 Å². The van der Waals surface area contributed by atoms with Crippen molar-refractivity contribution in [3.05, 3.63) is 0 Å². The van der Waals surface area contributed by atoms with E-state index in [0.29, 0.717) is 19.3 Å². The van der Waals surface area contributed by atoms with E-state index in [1.54, 1.807) is 0 Å². The molecular weight excluding hydrogens is 218 g/mol. The quantitative estimate of drug-likeness (QED) is 0.689. The molecule has 0 aromatic heterocycles. The zero-order chi connectivity index (χ0) is 12.3. The Labute approximate surface area is 103 Å². The molecule has 2 aliphatic heterocycles.